The van der Waals surface area contributed by atoms with Crippen LogP contribution in [0.5, 0.6) is 5.75 Å². The molecule has 2 aromatic rings. The zero-order valence-corrected chi connectivity index (χ0v) is 12.5. The van der Waals surface area contributed by atoms with Crippen molar-refractivity contribution in [2.24, 2.45) is 5.73 Å². The van der Waals surface area contributed by atoms with Crippen LogP contribution in [0.15, 0.2) is 42.5 Å². The molecule has 2 rings (SSSR count). The van der Waals surface area contributed by atoms with Gasteiger partial charge in [0.15, 0.2) is 11.6 Å². The largest absolute Gasteiger partial charge is 0.494 e. The fourth-order valence-corrected chi connectivity index (χ4v) is 2.38. The predicted octanol–water partition coefficient (Wildman–Crippen LogP) is 2.93. The van der Waals surface area contributed by atoms with Crippen molar-refractivity contribution in [3.05, 3.63) is 65.0 Å². The van der Waals surface area contributed by atoms with Crippen LogP contribution < -0.4 is 10.5 Å². The normalized spacial score (nSPS) is 10.9. The molecule has 0 unspecified atom stereocenters. The van der Waals surface area contributed by atoms with Crippen molar-refractivity contribution in [1.29, 1.82) is 0 Å². The summed E-state index contributed by atoms with van der Waals surface area (Å²) in [6.45, 7) is 1.97. The molecule has 0 fully saturated rings. The highest BCUT2D eigenvalue weighted by atomic mass is 19.1. The van der Waals surface area contributed by atoms with Crippen LogP contribution in [-0.4, -0.2) is 19.1 Å². The molecule has 112 valence electrons. The third-order valence-electron chi connectivity index (χ3n) is 3.45. The van der Waals surface area contributed by atoms with E-state index in [1.54, 1.807) is 6.07 Å². The first-order chi connectivity index (χ1) is 10.1. The quantitative estimate of drug-likeness (QED) is 0.888. The molecule has 0 spiro atoms. The summed E-state index contributed by atoms with van der Waals surface area (Å²) < 4.78 is 18.6. The molecule has 0 aromatic heterocycles. The van der Waals surface area contributed by atoms with Crippen LogP contribution in [0.2, 0.25) is 0 Å². The lowest BCUT2D eigenvalue weighted by Crippen LogP contribution is -2.18. The number of nitrogens with zero attached hydrogens (tertiary/aromatic N) is 1. The molecule has 0 radical (unpaired) electrons. The highest BCUT2D eigenvalue weighted by molar-refractivity contribution is 5.30. The van der Waals surface area contributed by atoms with E-state index in [4.69, 9.17) is 10.5 Å². The Balaban J connectivity index is 2.04. The van der Waals surface area contributed by atoms with Crippen LogP contribution in [0.25, 0.3) is 0 Å². The summed E-state index contributed by atoms with van der Waals surface area (Å²) in [5.74, 6) is -0.0550. The number of rotatable bonds is 6. The average molecular weight is 288 g/mol. The molecule has 0 saturated carbocycles. The van der Waals surface area contributed by atoms with E-state index in [1.165, 1.54) is 18.7 Å². The molecule has 2 aromatic carbocycles. The summed E-state index contributed by atoms with van der Waals surface area (Å²) in [4.78, 5) is 2.13. The standard InChI is InChI=1S/C17H21FN2O/c1-20(12-15-6-4-3-5-14(15)10-19)11-13-7-8-17(21-2)16(18)9-13/h3-9H,10-12,19H2,1-2H3. The lowest BCUT2D eigenvalue weighted by atomic mass is 10.1. The van der Waals surface area contributed by atoms with Gasteiger partial charge in [0.25, 0.3) is 0 Å². The Labute approximate surface area is 125 Å². The maximum absolute atomic E-state index is 13.7. The van der Waals surface area contributed by atoms with E-state index in [1.807, 2.05) is 31.3 Å². The minimum absolute atomic E-state index is 0.273. The second-order valence-corrected chi connectivity index (χ2v) is 5.11. The van der Waals surface area contributed by atoms with Crippen molar-refractivity contribution in [3.8, 4) is 5.75 Å². The Kier molecular flexibility index (Phi) is 5.31. The molecule has 4 heteroatoms. The van der Waals surface area contributed by atoms with E-state index >= 15 is 0 Å². The molecule has 0 amide bonds. The smallest absolute Gasteiger partial charge is 0.165 e. The van der Waals surface area contributed by atoms with Crippen LogP contribution in [0.1, 0.15) is 16.7 Å². The Hall–Kier alpha value is -1.91. The summed E-state index contributed by atoms with van der Waals surface area (Å²) in [5.41, 5.74) is 9.02. The van der Waals surface area contributed by atoms with Crippen molar-refractivity contribution in [3.63, 3.8) is 0 Å². The molecule has 0 aliphatic carbocycles. The van der Waals surface area contributed by atoms with Gasteiger partial charge in [-0.25, -0.2) is 4.39 Å². The summed E-state index contributed by atoms with van der Waals surface area (Å²) in [6.07, 6.45) is 0. The lowest BCUT2D eigenvalue weighted by Gasteiger charge is -2.19. The van der Waals surface area contributed by atoms with Gasteiger partial charge < -0.3 is 10.5 Å². The Morgan fingerprint density at radius 2 is 1.81 bits per heavy atom. The Bertz CT molecular complexity index is 601. The molecule has 0 bridgehead atoms. The molecule has 3 nitrogen and oxygen atoms in total. The predicted molar refractivity (Wildman–Crippen MR) is 82.5 cm³/mol. The first-order valence-corrected chi connectivity index (χ1v) is 6.92. The number of nitrogens with two attached hydrogens (primary N) is 1. The molecular weight excluding hydrogens is 267 g/mol. The van der Waals surface area contributed by atoms with Crippen molar-refractivity contribution in [1.82, 2.24) is 4.90 Å². The Morgan fingerprint density at radius 3 is 2.43 bits per heavy atom. The zero-order valence-electron chi connectivity index (χ0n) is 12.5. The van der Waals surface area contributed by atoms with Gasteiger partial charge in [-0.1, -0.05) is 30.3 Å². The molecular formula is C17H21FN2O. The van der Waals surface area contributed by atoms with Gasteiger partial charge in [-0.3, -0.25) is 4.90 Å². The molecule has 0 aliphatic heterocycles. The second-order valence-electron chi connectivity index (χ2n) is 5.11. The van der Waals surface area contributed by atoms with Crippen LogP contribution in [0.4, 0.5) is 4.39 Å². The third-order valence-corrected chi connectivity index (χ3v) is 3.45. The minimum Gasteiger partial charge on any atom is -0.494 e. The number of hydrogen-bond acceptors (Lipinski definition) is 3. The van der Waals surface area contributed by atoms with E-state index < -0.39 is 0 Å². The van der Waals surface area contributed by atoms with Gasteiger partial charge in [0.05, 0.1) is 7.11 Å². The molecule has 0 heterocycles. The number of hydrogen-bond donors (Lipinski definition) is 1. The highest BCUT2D eigenvalue weighted by Crippen LogP contribution is 2.19. The van der Waals surface area contributed by atoms with Crippen LogP contribution >= 0.6 is 0 Å². The van der Waals surface area contributed by atoms with Gasteiger partial charge in [0.2, 0.25) is 0 Å². The van der Waals surface area contributed by atoms with Gasteiger partial charge >= 0.3 is 0 Å². The number of halogens is 1. The third kappa shape index (κ3) is 4.03. The first-order valence-electron chi connectivity index (χ1n) is 6.92. The van der Waals surface area contributed by atoms with Gasteiger partial charge in [-0.15, -0.1) is 0 Å². The highest BCUT2D eigenvalue weighted by Gasteiger charge is 2.08. The van der Waals surface area contributed by atoms with E-state index in [0.717, 1.165) is 17.7 Å². The average Bonchev–Trinajstić information content (AvgIpc) is 2.48. The maximum atomic E-state index is 13.7. The summed E-state index contributed by atoms with van der Waals surface area (Å²) in [7, 11) is 3.48. The topological polar surface area (TPSA) is 38.5 Å². The van der Waals surface area contributed by atoms with E-state index in [-0.39, 0.29) is 11.6 Å². The van der Waals surface area contributed by atoms with E-state index in [2.05, 4.69) is 11.0 Å². The summed E-state index contributed by atoms with van der Waals surface area (Å²) in [6, 6.07) is 13.2. The molecule has 2 N–H and O–H groups in total. The number of methoxy groups -OCH3 is 1. The first kappa shape index (κ1) is 15.5. The van der Waals surface area contributed by atoms with Crippen molar-refractivity contribution < 1.29 is 9.13 Å². The molecule has 0 saturated heterocycles. The molecule has 21 heavy (non-hydrogen) atoms. The summed E-state index contributed by atoms with van der Waals surface area (Å²) >= 11 is 0. The second kappa shape index (κ2) is 7.20. The zero-order chi connectivity index (χ0) is 15.2. The fourth-order valence-electron chi connectivity index (χ4n) is 2.38. The lowest BCUT2D eigenvalue weighted by molar-refractivity contribution is 0.316. The van der Waals surface area contributed by atoms with E-state index in [0.29, 0.717) is 13.1 Å². The maximum Gasteiger partial charge on any atom is 0.165 e. The fraction of sp³-hybridized carbons (Fsp3) is 0.294. The minimum atomic E-state index is -0.328. The molecule has 0 aliphatic rings. The van der Waals surface area contributed by atoms with Gasteiger partial charge in [-0.2, -0.15) is 0 Å². The molecule has 0 atom stereocenters. The SMILES string of the molecule is COc1ccc(CN(C)Cc2ccccc2CN)cc1F. The van der Waals surface area contributed by atoms with Crippen molar-refractivity contribution in [2.75, 3.05) is 14.2 Å². The van der Waals surface area contributed by atoms with Gasteiger partial charge in [0.1, 0.15) is 0 Å². The van der Waals surface area contributed by atoms with Crippen molar-refractivity contribution in [2.45, 2.75) is 19.6 Å². The van der Waals surface area contributed by atoms with Crippen molar-refractivity contribution >= 4 is 0 Å². The van der Waals surface area contributed by atoms with Crippen LogP contribution in [0.3, 0.4) is 0 Å². The van der Waals surface area contributed by atoms with Crippen LogP contribution in [0, 0.1) is 5.82 Å². The van der Waals surface area contributed by atoms with Crippen LogP contribution in [-0.2, 0) is 19.6 Å². The monoisotopic (exact) mass is 288 g/mol. The van der Waals surface area contributed by atoms with E-state index in [9.17, 15) is 4.39 Å². The Morgan fingerprint density at radius 1 is 1.10 bits per heavy atom. The number of ether oxygens (including phenoxy) is 1. The van der Waals surface area contributed by atoms with Gasteiger partial charge in [-0.05, 0) is 35.9 Å². The van der Waals surface area contributed by atoms with Gasteiger partial charge in [0, 0.05) is 19.6 Å². The number of benzene rings is 2. The summed E-state index contributed by atoms with van der Waals surface area (Å²) in [5, 5.41) is 0.